The molecule has 0 aliphatic heterocycles. The standard InChI is InChI=1S/C20H19N3O3.2ClH/c1-23(2,26)10-9-21-20-18-17(13-5-3-4-6-14(13)19(18)25)15-8-7-12(24)11-16(15)22-20;;/h3-8,11,24H,9-10H2,1-2H3,(H,21,22);2*1H. The van der Waals surface area contributed by atoms with Crippen LogP contribution >= 0.6 is 24.8 Å². The van der Waals surface area contributed by atoms with Gasteiger partial charge in [-0.3, -0.25) is 4.79 Å². The first-order chi connectivity index (χ1) is 12.3. The molecule has 0 bridgehead atoms. The molecule has 6 nitrogen and oxygen atoms in total. The minimum absolute atomic E-state index is 0. The Labute approximate surface area is 175 Å². The monoisotopic (exact) mass is 421 g/mol. The number of halogens is 2. The SMILES string of the molecule is C[N+](C)([O-])CCNc1nc2cc(O)ccc2c2c1C(=O)c1ccccc1-2.Cl.Cl. The average Bonchev–Trinajstić information content (AvgIpc) is 2.88. The van der Waals surface area contributed by atoms with Crippen LogP contribution in [0.1, 0.15) is 15.9 Å². The normalized spacial score (nSPS) is 12.0. The van der Waals surface area contributed by atoms with Gasteiger partial charge in [-0.05, 0) is 17.7 Å². The number of carbonyl (C=O) groups excluding carboxylic acids is 1. The number of likely N-dealkylation sites (N-methyl/N-ethyl adjacent to an activating group) is 1. The lowest BCUT2D eigenvalue weighted by Crippen LogP contribution is -2.37. The maximum atomic E-state index is 13.0. The van der Waals surface area contributed by atoms with Crippen LogP contribution in [0.4, 0.5) is 5.82 Å². The highest BCUT2D eigenvalue weighted by atomic mass is 35.5. The zero-order valence-electron chi connectivity index (χ0n) is 15.4. The molecule has 8 heteroatoms. The van der Waals surface area contributed by atoms with Crippen LogP contribution in [0.2, 0.25) is 0 Å². The van der Waals surface area contributed by atoms with Gasteiger partial charge in [0.15, 0.2) is 5.78 Å². The molecule has 0 fully saturated rings. The van der Waals surface area contributed by atoms with Gasteiger partial charge in [-0.25, -0.2) is 4.98 Å². The molecule has 0 spiro atoms. The minimum Gasteiger partial charge on any atom is -0.633 e. The molecule has 0 radical (unpaired) electrons. The Morgan fingerprint density at radius 2 is 1.75 bits per heavy atom. The Kier molecular flexibility index (Phi) is 6.21. The van der Waals surface area contributed by atoms with Crippen LogP contribution in [0.3, 0.4) is 0 Å². The molecule has 0 unspecified atom stereocenters. The zero-order chi connectivity index (χ0) is 18.5. The van der Waals surface area contributed by atoms with E-state index in [-0.39, 0.29) is 36.3 Å². The van der Waals surface area contributed by atoms with Crippen molar-refractivity contribution in [1.29, 1.82) is 0 Å². The predicted molar refractivity (Wildman–Crippen MR) is 116 cm³/mol. The summed E-state index contributed by atoms with van der Waals surface area (Å²) in [5, 5.41) is 25.6. The van der Waals surface area contributed by atoms with Crippen molar-refractivity contribution in [3.05, 3.63) is 58.8 Å². The van der Waals surface area contributed by atoms with E-state index in [9.17, 15) is 15.1 Å². The fraction of sp³-hybridized carbons (Fsp3) is 0.200. The van der Waals surface area contributed by atoms with Crippen LogP contribution in [-0.2, 0) is 0 Å². The fourth-order valence-corrected chi connectivity index (χ4v) is 3.36. The smallest absolute Gasteiger partial charge is 0.198 e. The molecular formula is C20H21Cl2N3O3. The van der Waals surface area contributed by atoms with Gasteiger partial charge in [0.2, 0.25) is 0 Å². The van der Waals surface area contributed by atoms with Crippen LogP contribution in [-0.4, -0.2) is 47.7 Å². The molecule has 4 rings (SSSR count). The van der Waals surface area contributed by atoms with Gasteiger partial charge in [0.05, 0.1) is 38.3 Å². The van der Waals surface area contributed by atoms with E-state index in [1.165, 1.54) is 0 Å². The Bertz CT molecular complexity index is 1050. The van der Waals surface area contributed by atoms with E-state index >= 15 is 0 Å². The van der Waals surface area contributed by atoms with Crippen LogP contribution in [0.15, 0.2) is 42.5 Å². The lowest BCUT2D eigenvalue weighted by atomic mass is 10.0. The summed E-state index contributed by atoms with van der Waals surface area (Å²) < 4.78 is -0.433. The van der Waals surface area contributed by atoms with Gasteiger partial charge in [0.1, 0.15) is 11.6 Å². The summed E-state index contributed by atoms with van der Waals surface area (Å²) in [5.41, 5.74) is 3.47. The quantitative estimate of drug-likeness (QED) is 0.384. The maximum Gasteiger partial charge on any atom is 0.198 e. The zero-order valence-corrected chi connectivity index (χ0v) is 17.1. The highest BCUT2D eigenvalue weighted by Crippen LogP contribution is 2.44. The van der Waals surface area contributed by atoms with Crippen molar-refractivity contribution in [2.24, 2.45) is 0 Å². The van der Waals surface area contributed by atoms with Gasteiger partial charge < -0.3 is 20.3 Å². The van der Waals surface area contributed by atoms with Crippen molar-refractivity contribution >= 4 is 47.3 Å². The Morgan fingerprint density at radius 1 is 1.07 bits per heavy atom. The third kappa shape index (κ3) is 3.77. The van der Waals surface area contributed by atoms with E-state index in [0.29, 0.717) is 35.6 Å². The van der Waals surface area contributed by atoms with Gasteiger partial charge in [-0.15, -0.1) is 24.8 Å². The van der Waals surface area contributed by atoms with Crippen LogP contribution in [0, 0.1) is 5.21 Å². The van der Waals surface area contributed by atoms with Gasteiger partial charge in [-0.1, -0.05) is 24.3 Å². The number of rotatable bonds is 4. The largest absolute Gasteiger partial charge is 0.633 e. The van der Waals surface area contributed by atoms with Gasteiger partial charge in [-0.2, -0.15) is 0 Å². The number of pyridine rings is 1. The maximum absolute atomic E-state index is 13.0. The average molecular weight is 422 g/mol. The van der Waals surface area contributed by atoms with Crippen molar-refractivity contribution in [2.75, 3.05) is 32.5 Å². The van der Waals surface area contributed by atoms with Crippen LogP contribution in [0.5, 0.6) is 5.75 Å². The Balaban J connectivity index is 0.00000140. The number of aromatic nitrogens is 1. The third-order valence-electron chi connectivity index (χ3n) is 4.58. The van der Waals surface area contributed by atoms with Crippen LogP contribution < -0.4 is 5.32 Å². The molecule has 148 valence electrons. The van der Waals surface area contributed by atoms with Gasteiger partial charge in [0.25, 0.3) is 0 Å². The summed E-state index contributed by atoms with van der Waals surface area (Å²) in [6.07, 6.45) is 0. The van der Waals surface area contributed by atoms with Gasteiger partial charge >= 0.3 is 0 Å². The second kappa shape index (κ2) is 7.93. The summed E-state index contributed by atoms with van der Waals surface area (Å²) in [6.45, 7) is 0.736. The molecule has 3 aromatic rings. The summed E-state index contributed by atoms with van der Waals surface area (Å²) in [7, 11) is 3.14. The second-order valence-corrected chi connectivity index (χ2v) is 7.01. The van der Waals surface area contributed by atoms with Crippen molar-refractivity contribution in [2.45, 2.75) is 0 Å². The molecular weight excluding hydrogens is 401 g/mol. The number of anilines is 1. The number of phenolic OH excluding ortho intramolecular Hbond substituents is 1. The number of phenols is 1. The summed E-state index contributed by atoms with van der Waals surface area (Å²) in [6, 6.07) is 12.4. The van der Waals surface area contributed by atoms with E-state index in [1.807, 2.05) is 24.3 Å². The first-order valence-electron chi connectivity index (χ1n) is 8.44. The molecule has 1 aromatic heterocycles. The highest BCUT2D eigenvalue weighted by Gasteiger charge is 2.32. The highest BCUT2D eigenvalue weighted by molar-refractivity contribution is 6.28. The Hall–Kier alpha value is -2.38. The van der Waals surface area contributed by atoms with E-state index < -0.39 is 4.65 Å². The number of quaternary nitrogens is 1. The molecule has 1 aliphatic carbocycles. The second-order valence-electron chi connectivity index (χ2n) is 7.01. The summed E-state index contributed by atoms with van der Waals surface area (Å²) >= 11 is 0. The third-order valence-corrected chi connectivity index (χ3v) is 4.58. The molecule has 0 atom stereocenters. The Morgan fingerprint density at radius 3 is 2.43 bits per heavy atom. The molecule has 2 N–H and O–H groups in total. The minimum atomic E-state index is -0.433. The van der Waals surface area contributed by atoms with Crippen molar-refractivity contribution < 1.29 is 14.5 Å². The van der Waals surface area contributed by atoms with Crippen molar-refractivity contribution in [3.63, 3.8) is 0 Å². The van der Waals surface area contributed by atoms with Gasteiger partial charge in [0, 0.05) is 22.6 Å². The molecule has 0 amide bonds. The number of nitrogens with one attached hydrogen (secondary N) is 1. The molecule has 0 saturated carbocycles. The lowest BCUT2D eigenvalue weighted by Gasteiger charge is -2.33. The molecule has 0 saturated heterocycles. The molecule has 2 aromatic carbocycles. The number of benzene rings is 2. The number of nitrogens with zero attached hydrogens (tertiary/aromatic N) is 2. The number of hydrogen-bond donors (Lipinski definition) is 2. The first kappa shape index (κ1) is 21.9. The van der Waals surface area contributed by atoms with E-state index in [0.717, 1.165) is 16.5 Å². The first-order valence-corrected chi connectivity index (χ1v) is 8.44. The number of hydroxylamine groups is 3. The van der Waals surface area contributed by atoms with E-state index in [1.54, 1.807) is 32.3 Å². The number of ketones is 1. The summed E-state index contributed by atoms with van der Waals surface area (Å²) in [5.74, 6) is 0.495. The van der Waals surface area contributed by atoms with Crippen LogP contribution in [0.25, 0.3) is 22.0 Å². The predicted octanol–water partition coefficient (Wildman–Crippen LogP) is 3.98. The topological polar surface area (TPSA) is 85.3 Å². The molecule has 1 heterocycles. The number of carbonyl (C=O) groups is 1. The van der Waals surface area contributed by atoms with E-state index in [2.05, 4.69) is 10.3 Å². The summed E-state index contributed by atoms with van der Waals surface area (Å²) in [4.78, 5) is 17.5. The van der Waals surface area contributed by atoms with E-state index in [4.69, 9.17) is 0 Å². The fourth-order valence-electron chi connectivity index (χ4n) is 3.36. The number of fused-ring (bicyclic) bond motifs is 5. The van der Waals surface area contributed by atoms with Crippen molar-refractivity contribution in [3.8, 4) is 16.9 Å². The van der Waals surface area contributed by atoms with Crippen molar-refractivity contribution in [1.82, 2.24) is 4.98 Å². The molecule has 1 aliphatic rings. The lowest BCUT2D eigenvalue weighted by molar-refractivity contribution is -0.838. The molecule has 28 heavy (non-hydrogen) atoms. The number of hydrogen-bond acceptors (Lipinski definition) is 5. The number of aromatic hydroxyl groups is 1.